The first-order chi connectivity index (χ1) is 21.9. The Morgan fingerprint density at radius 3 is 2.73 bits per heavy atom. The van der Waals surface area contributed by atoms with Crippen LogP contribution >= 0.6 is 23.4 Å². The van der Waals surface area contributed by atoms with Crippen LogP contribution in [0.15, 0.2) is 53.6 Å². The average molecular weight is 652 g/mol. The summed E-state index contributed by atoms with van der Waals surface area (Å²) in [7, 11) is 0. The van der Waals surface area contributed by atoms with Crippen molar-refractivity contribution in [1.29, 1.82) is 0 Å². The van der Waals surface area contributed by atoms with E-state index < -0.39 is 0 Å². The van der Waals surface area contributed by atoms with Crippen LogP contribution in [-0.2, 0) is 24.3 Å². The molecule has 5 rings (SSSR count). The highest BCUT2D eigenvalue weighted by molar-refractivity contribution is 8.00. The van der Waals surface area contributed by atoms with Gasteiger partial charge in [0.05, 0.1) is 24.3 Å². The summed E-state index contributed by atoms with van der Waals surface area (Å²) >= 11 is 8.55. The van der Waals surface area contributed by atoms with Gasteiger partial charge in [-0.25, -0.2) is 21.2 Å². The molecule has 45 heavy (non-hydrogen) atoms. The number of aromatic nitrogens is 2. The number of amidine groups is 1. The number of fused-ring (bicyclic) bond motifs is 1. The van der Waals surface area contributed by atoms with Crippen LogP contribution in [0.4, 0.5) is 4.79 Å². The number of thioether (sulfide) groups is 1. The summed E-state index contributed by atoms with van der Waals surface area (Å²) in [6.45, 7) is 3.05. The molecule has 0 saturated carbocycles. The van der Waals surface area contributed by atoms with Gasteiger partial charge in [0.25, 0.3) is 0 Å². The molecule has 3 heterocycles. The van der Waals surface area contributed by atoms with Crippen molar-refractivity contribution in [2.75, 3.05) is 5.75 Å². The Hall–Kier alpha value is -3.74. The molecule has 8 N–H and O–H groups in total. The second-order valence-electron chi connectivity index (χ2n) is 11.5. The van der Waals surface area contributed by atoms with Gasteiger partial charge in [0.2, 0.25) is 5.91 Å². The summed E-state index contributed by atoms with van der Waals surface area (Å²) in [6.07, 6.45) is 6.01. The average Bonchev–Trinajstić information content (AvgIpc) is 3.69. The molecule has 13 heteroatoms. The number of hydrogen-bond donors (Lipinski definition) is 6. The van der Waals surface area contributed by atoms with E-state index in [1.54, 1.807) is 0 Å². The number of unbranched alkanes of at least 4 members (excludes halogenated alkanes) is 2. The van der Waals surface area contributed by atoms with Gasteiger partial charge in [0.1, 0.15) is 5.82 Å². The van der Waals surface area contributed by atoms with Gasteiger partial charge in [-0.15, -0.1) is 5.10 Å². The SMILES string of the molecule is CCCCc1nc(Cl)c(CNC(=O)CCCC[C@@H]2SC[C@@H]3NC(=O)N[C@@H]32)n1Cc1ccc(-c2ccccc2/C(N)=N/NN)cc1. The number of carbonyl (C=O) groups is 2. The lowest BCUT2D eigenvalue weighted by Gasteiger charge is -2.16. The number of nitrogens with two attached hydrogens (primary N) is 2. The number of aryl methyl sites for hydroxylation is 1. The molecule has 1 aromatic heterocycles. The van der Waals surface area contributed by atoms with Crippen LogP contribution in [0, 0.1) is 0 Å². The molecule has 0 spiro atoms. The van der Waals surface area contributed by atoms with Gasteiger partial charge >= 0.3 is 6.03 Å². The van der Waals surface area contributed by atoms with E-state index in [-0.39, 0.29) is 24.0 Å². The molecule has 3 aromatic rings. The summed E-state index contributed by atoms with van der Waals surface area (Å²) in [6, 6.07) is 16.4. The summed E-state index contributed by atoms with van der Waals surface area (Å²) < 4.78 is 2.14. The molecular weight excluding hydrogens is 610 g/mol. The van der Waals surface area contributed by atoms with Crippen LogP contribution < -0.4 is 33.1 Å². The first kappa shape index (κ1) is 32.6. The monoisotopic (exact) mass is 651 g/mol. The molecular formula is C32H42ClN9O2S. The van der Waals surface area contributed by atoms with Crippen LogP contribution in [-0.4, -0.2) is 50.4 Å². The number of nitrogens with one attached hydrogen (secondary N) is 4. The zero-order valence-corrected chi connectivity index (χ0v) is 27.1. The quantitative estimate of drug-likeness (QED) is 0.0361. The fourth-order valence-corrected chi connectivity index (χ4v) is 7.80. The third-order valence-corrected chi connectivity index (χ3v) is 10.2. The molecule has 0 radical (unpaired) electrons. The molecule has 0 bridgehead atoms. The molecule has 3 amide bonds. The fourth-order valence-electron chi connectivity index (χ4n) is 5.99. The van der Waals surface area contributed by atoms with Crippen molar-refractivity contribution < 1.29 is 9.59 Å². The summed E-state index contributed by atoms with van der Waals surface area (Å²) in [5, 5.41) is 13.8. The minimum absolute atomic E-state index is 0.00243. The van der Waals surface area contributed by atoms with E-state index in [1.165, 1.54) is 0 Å². The summed E-state index contributed by atoms with van der Waals surface area (Å²) in [5.41, 5.74) is 13.0. The minimum atomic E-state index is -0.0683. The van der Waals surface area contributed by atoms with Crippen molar-refractivity contribution in [2.45, 2.75) is 82.3 Å². The lowest BCUT2D eigenvalue weighted by Crippen LogP contribution is -2.36. The van der Waals surface area contributed by atoms with E-state index in [1.807, 2.05) is 36.0 Å². The van der Waals surface area contributed by atoms with Gasteiger partial charge in [-0.2, -0.15) is 11.8 Å². The third-order valence-electron chi connectivity index (χ3n) is 8.38. The second-order valence-corrected chi connectivity index (χ2v) is 13.1. The van der Waals surface area contributed by atoms with Crippen molar-refractivity contribution in [1.82, 2.24) is 31.0 Å². The van der Waals surface area contributed by atoms with E-state index in [9.17, 15) is 9.59 Å². The van der Waals surface area contributed by atoms with Crippen molar-refractivity contribution in [2.24, 2.45) is 16.7 Å². The summed E-state index contributed by atoms with van der Waals surface area (Å²) in [4.78, 5) is 29.1. The number of urea groups is 1. The van der Waals surface area contributed by atoms with Crippen LogP contribution in [0.1, 0.15) is 68.1 Å². The molecule has 3 atom stereocenters. The summed E-state index contributed by atoms with van der Waals surface area (Å²) in [5.74, 6) is 7.50. The largest absolute Gasteiger partial charge is 0.382 e. The number of amides is 3. The second kappa shape index (κ2) is 15.5. The maximum atomic E-state index is 12.8. The normalized spacial score (nSPS) is 19.2. The Bertz CT molecular complexity index is 1510. The Balaban J connectivity index is 1.20. The van der Waals surface area contributed by atoms with Crippen LogP contribution in [0.5, 0.6) is 0 Å². The maximum Gasteiger partial charge on any atom is 0.315 e. The number of halogens is 1. The first-order valence-corrected chi connectivity index (χ1v) is 17.0. The molecule has 2 aromatic carbocycles. The van der Waals surface area contributed by atoms with E-state index in [2.05, 4.69) is 67.3 Å². The number of hydrogen-bond acceptors (Lipinski definition) is 7. The lowest BCUT2D eigenvalue weighted by molar-refractivity contribution is -0.121. The van der Waals surface area contributed by atoms with Crippen molar-refractivity contribution in [3.8, 4) is 11.1 Å². The number of hydrazone groups is 1. The topological polar surface area (TPSA) is 164 Å². The predicted molar refractivity (Wildman–Crippen MR) is 181 cm³/mol. The van der Waals surface area contributed by atoms with E-state index in [0.29, 0.717) is 35.7 Å². The number of benzene rings is 2. The van der Waals surface area contributed by atoms with Crippen LogP contribution in [0.25, 0.3) is 11.1 Å². The highest BCUT2D eigenvalue weighted by Crippen LogP contribution is 2.33. The molecule has 11 nitrogen and oxygen atoms in total. The Kier molecular flexibility index (Phi) is 11.2. The van der Waals surface area contributed by atoms with Gasteiger partial charge in [-0.05, 0) is 36.0 Å². The number of imidazole rings is 1. The van der Waals surface area contributed by atoms with E-state index >= 15 is 0 Å². The lowest BCUT2D eigenvalue weighted by atomic mass is 9.98. The van der Waals surface area contributed by atoms with Crippen LogP contribution in [0.2, 0.25) is 5.15 Å². The Morgan fingerprint density at radius 1 is 1.16 bits per heavy atom. The van der Waals surface area contributed by atoms with E-state index in [0.717, 1.165) is 78.0 Å². The number of carbonyl (C=O) groups excluding carboxylic acids is 2. The van der Waals surface area contributed by atoms with Gasteiger partial charge in [0.15, 0.2) is 11.0 Å². The van der Waals surface area contributed by atoms with Crippen molar-refractivity contribution in [3.05, 3.63) is 76.3 Å². The Morgan fingerprint density at radius 2 is 1.96 bits per heavy atom. The first-order valence-electron chi connectivity index (χ1n) is 15.5. The molecule has 2 aliphatic heterocycles. The number of hydrazine groups is 1. The van der Waals surface area contributed by atoms with Crippen molar-refractivity contribution in [3.63, 3.8) is 0 Å². The van der Waals surface area contributed by atoms with Crippen LogP contribution in [0.3, 0.4) is 0 Å². The molecule has 2 aliphatic rings. The Labute approximate surface area is 273 Å². The smallest absolute Gasteiger partial charge is 0.315 e. The molecule has 2 fully saturated rings. The highest BCUT2D eigenvalue weighted by atomic mass is 35.5. The zero-order chi connectivity index (χ0) is 31.8. The highest BCUT2D eigenvalue weighted by Gasteiger charge is 2.42. The standard InChI is InChI=1S/C32H42ClN9O2S/c1-2-3-11-27-38-30(33)25(17-36-28(43)12-7-6-10-26-29-24(19-45-26)37-32(44)39-29)42(27)18-20-13-15-21(16-14-20)22-8-4-5-9-23(22)31(34)40-41-35/h4-5,8-9,13-16,24,26,29,41H,2-3,6-7,10-12,17-19,35H2,1H3,(H2,34,40)(H,36,43)(H2,37,39,44)/t24-,26-,29-/m0/s1. The van der Waals surface area contributed by atoms with Crippen molar-refractivity contribution >= 4 is 41.1 Å². The van der Waals surface area contributed by atoms with Gasteiger partial charge in [-0.3, -0.25) is 4.79 Å². The number of nitrogens with zero attached hydrogens (tertiary/aromatic N) is 3. The number of rotatable bonds is 15. The van der Waals surface area contributed by atoms with Gasteiger partial charge < -0.3 is 26.3 Å². The van der Waals surface area contributed by atoms with Gasteiger partial charge in [-0.1, -0.05) is 79.9 Å². The van der Waals surface area contributed by atoms with E-state index in [4.69, 9.17) is 23.2 Å². The fraction of sp³-hybridized carbons (Fsp3) is 0.438. The molecule has 0 unspecified atom stereocenters. The third kappa shape index (κ3) is 8.11. The molecule has 2 saturated heterocycles. The van der Waals surface area contributed by atoms with Gasteiger partial charge in [0, 0.05) is 36.0 Å². The molecule has 0 aliphatic carbocycles. The molecule has 240 valence electrons. The minimum Gasteiger partial charge on any atom is -0.382 e. The predicted octanol–water partition coefficient (Wildman–Crippen LogP) is 4.02. The zero-order valence-electron chi connectivity index (χ0n) is 25.5. The maximum absolute atomic E-state index is 12.8.